The van der Waals surface area contributed by atoms with E-state index in [1.165, 1.54) is 4.80 Å². The Morgan fingerprint density at radius 2 is 1.81 bits per heavy atom. The number of nitrogens with one attached hydrogen (secondary N) is 1. The van der Waals surface area contributed by atoms with E-state index >= 15 is 0 Å². The molecule has 1 N–H and O–H groups in total. The second-order valence-corrected chi connectivity index (χ2v) is 8.33. The molecular formula is C15H30N6. The predicted molar refractivity (Wildman–Crippen MR) is 83.7 cm³/mol. The highest BCUT2D eigenvalue weighted by Gasteiger charge is 2.39. The molecule has 2 rings (SSSR count). The highest BCUT2D eigenvalue weighted by atomic mass is 15.6. The maximum atomic E-state index is 4.34. The van der Waals surface area contributed by atoms with Gasteiger partial charge in [0.15, 0.2) is 5.82 Å². The summed E-state index contributed by atoms with van der Waals surface area (Å²) in [6, 6.07) is 0.952. The summed E-state index contributed by atoms with van der Waals surface area (Å²) in [5.74, 6) is 0.807. The van der Waals surface area contributed by atoms with Gasteiger partial charge in [-0.2, -0.15) is 4.80 Å². The Labute approximate surface area is 128 Å². The number of nitrogens with zero attached hydrogens (tertiary/aromatic N) is 5. The van der Waals surface area contributed by atoms with Gasteiger partial charge in [0.1, 0.15) is 0 Å². The van der Waals surface area contributed by atoms with Crippen molar-refractivity contribution in [1.82, 2.24) is 30.4 Å². The first kappa shape index (κ1) is 16.4. The zero-order valence-electron chi connectivity index (χ0n) is 14.5. The lowest BCUT2D eigenvalue weighted by Crippen LogP contribution is -2.63. The zero-order chi connectivity index (χ0) is 15.8. The number of aromatic nitrogens is 4. The van der Waals surface area contributed by atoms with E-state index in [2.05, 4.69) is 67.2 Å². The van der Waals surface area contributed by atoms with Gasteiger partial charge >= 0.3 is 0 Å². The Kier molecular flexibility index (Phi) is 4.40. The molecule has 2 heterocycles. The maximum Gasteiger partial charge on any atom is 0.188 e. The van der Waals surface area contributed by atoms with Crippen LogP contribution in [0.2, 0.25) is 0 Å². The monoisotopic (exact) mass is 294 g/mol. The normalized spacial score (nSPS) is 25.3. The Hall–Kier alpha value is -1.01. The van der Waals surface area contributed by atoms with Gasteiger partial charge in [0.25, 0.3) is 0 Å². The van der Waals surface area contributed by atoms with Crippen LogP contribution in [0.5, 0.6) is 0 Å². The second kappa shape index (κ2) is 5.65. The van der Waals surface area contributed by atoms with Gasteiger partial charge in [0.2, 0.25) is 0 Å². The molecule has 1 aromatic rings. The van der Waals surface area contributed by atoms with Crippen LogP contribution in [0.15, 0.2) is 0 Å². The predicted octanol–water partition coefficient (Wildman–Crippen LogP) is 1.44. The third-order valence-electron chi connectivity index (χ3n) is 4.35. The van der Waals surface area contributed by atoms with Crippen molar-refractivity contribution in [3.8, 4) is 0 Å². The van der Waals surface area contributed by atoms with Crippen LogP contribution in [0.3, 0.4) is 0 Å². The van der Waals surface area contributed by atoms with E-state index in [1.807, 2.05) is 7.05 Å². The number of aryl methyl sites for hydroxylation is 1. The molecule has 1 aliphatic heterocycles. The molecule has 1 aromatic heterocycles. The lowest BCUT2D eigenvalue weighted by atomic mass is 9.79. The van der Waals surface area contributed by atoms with Crippen molar-refractivity contribution in [1.29, 1.82) is 0 Å². The molecule has 0 radical (unpaired) electrons. The fraction of sp³-hybridized carbons (Fsp3) is 0.933. The van der Waals surface area contributed by atoms with Crippen LogP contribution in [-0.2, 0) is 13.6 Å². The Morgan fingerprint density at radius 3 is 2.29 bits per heavy atom. The highest BCUT2D eigenvalue weighted by Crippen LogP contribution is 2.31. The van der Waals surface area contributed by atoms with E-state index in [0.29, 0.717) is 12.1 Å². The van der Waals surface area contributed by atoms with Crippen molar-refractivity contribution in [3.63, 3.8) is 0 Å². The molecule has 1 fully saturated rings. The number of rotatable bonds is 2. The summed E-state index contributed by atoms with van der Waals surface area (Å²) in [5, 5.41) is 16.2. The lowest BCUT2D eigenvalue weighted by Gasteiger charge is -2.49. The summed E-state index contributed by atoms with van der Waals surface area (Å²) < 4.78 is 0. The molecule has 1 aliphatic rings. The topological polar surface area (TPSA) is 58.9 Å². The van der Waals surface area contributed by atoms with E-state index in [1.54, 1.807) is 0 Å². The molecule has 2 unspecified atom stereocenters. The molecule has 0 aromatic carbocycles. The van der Waals surface area contributed by atoms with Gasteiger partial charge in [-0.1, -0.05) is 41.5 Å². The number of tetrazole rings is 1. The average molecular weight is 294 g/mol. The minimum Gasteiger partial charge on any atom is -0.311 e. The SMILES string of the molecule is Cn1nnc(CN2CC(C(C)(C)C)NCC2C(C)(C)C)n1. The number of piperazine rings is 1. The number of hydrogen-bond acceptors (Lipinski definition) is 5. The van der Waals surface area contributed by atoms with Crippen molar-refractivity contribution in [3.05, 3.63) is 5.82 Å². The molecule has 2 atom stereocenters. The highest BCUT2D eigenvalue weighted by molar-refractivity contribution is 4.97. The summed E-state index contributed by atoms with van der Waals surface area (Å²) in [6.45, 7) is 16.6. The quantitative estimate of drug-likeness (QED) is 0.894. The fourth-order valence-electron chi connectivity index (χ4n) is 2.99. The van der Waals surface area contributed by atoms with Crippen LogP contribution in [0.25, 0.3) is 0 Å². The zero-order valence-corrected chi connectivity index (χ0v) is 14.5. The molecule has 0 bridgehead atoms. The van der Waals surface area contributed by atoms with E-state index in [-0.39, 0.29) is 10.8 Å². The molecular weight excluding hydrogens is 264 g/mol. The van der Waals surface area contributed by atoms with Crippen molar-refractivity contribution >= 4 is 0 Å². The van der Waals surface area contributed by atoms with Gasteiger partial charge in [-0.05, 0) is 16.0 Å². The van der Waals surface area contributed by atoms with E-state index in [9.17, 15) is 0 Å². The van der Waals surface area contributed by atoms with E-state index in [0.717, 1.165) is 25.5 Å². The summed E-state index contributed by atoms with van der Waals surface area (Å²) in [4.78, 5) is 4.05. The van der Waals surface area contributed by atoms with Gasteiger partial charge in [-0.3, -0.25) is 4.90 Å². The molecule has 6 heteroatoms. The van der Waals surface area contributed by atoms with Crippen LogP contribution >= 0.6 is 0 Å². The van der Waals surface area contributed by atoms with Crippen molar-refractivity contribution in [2.45, 2.75) is 60.2 Å². The minimum absolute atomic E-state index is 0.220. The van der Waals surface area contributed by atoms with Crippen LogP contribution in [0.4, 0.5) is 0 Å². The van der Waals surface area contributed by atoms with Crippen LogP contribution in [0, 0.1) is 10.8 Å². The minimum atomic E-state index is 0.220. The summed E-state index contributed by atoms with van der Waals surface area (Å²) in [7, 11) is 1.81. The first-order valence-corrected chi connectivity index (χ1v) is 7.77. The standard InChI is InChI=1S/C15H30N6/c1-14(2,3)11-9-21(10-13-17-19-20(7)18-13)12(8-16-11)15(4,5)6/h11-12,16H,8-10H2,1-7H3. The van der Waals surface area contributed by atoms with Gasteiger partial charge < -0.3 is 5.32 Å². The van der Waals surface area contributed by atoms with Gasteiger partial charge in [0, 0.05) is 25.2 Å². The van der Waals surface area contributed by atoms with Crippen molar-refractivity contribution in [2.24, 2.45) is 17.9 Å². The van der Waals surface area contributed by atoms with Crippen molar-refractivity contribution < 1.29 is 0 Å². The lowest BCUT2D eigenvalue weighted by molar-refractivity contribution is 0.0231. The summed E-state index contributed by atoms with van der Waals surface area (Å²) >= 11 is 0. The molecule has 120 valence electrons. The third kappa shape index (κ3) is 4.01. The third-order valence-corrected chi connectivity index (χ3v) is 4.35. The molecule has 0 amide bonds. The largest absolute Gasteiger partial charge is 0.311 e. The van der Waals surface area contributed by atoms with E-state index < -0.39 is 0 Å². The van der Waals surface area contributed by atoms with Gasteiger partial charge in [0.05, 0.1) is 13.6 Å². The Bertz CT molecular complexity index is 467. The van der Waals surface area contributed by atoms with Crippen LogP contribution in [0.1, 0.15) is 47.4 Å². The van der Waals surface area contributed by atoms with Gasteiger partial charge in [-0.25, -0.2) is 0 Å². The molecule has 0 spiro atoms. The second-order valence-electron chi connectivity index (χ2n) is 8.33. The van der Waals surface area contributed by atoms with E-state index in [4.69, 9.17) is 0 Å². The van der Waals surface area contributed by atoms with Crippen molar-refractivity contribution in [2.75, 3.05) is 13.1 Å². The summed E-state index contributed by atoms with van der Waals surface area (Å²) in [5.41, 5.74) is 0.467. The maximum absolute atomic E-state index is 4.34. The molecule has 6 nitrogen and oxygen atoms in total. The van der Waals surface area contributed by atoms with Gasteiger partial charge in [-0.15, -0.1) is 10.2 Å². The Balaban J connectivity index is 2.16. The number of hydrogen-bond donors (Lipinski definition) is 1. The molecule has 0 saturated carbocycles. The first-order valence-electron chi connectivity index (χ1n) is 7.77. The summed E-state index contributed by atoms with van der Waals surface area (Å²) in [6.07, 6.45) is 0. The fourth-order valence-corrected chi connectivity index (χ4v) is 2.99. The average Bonchev–Trinajstić information content (AvgIpc) is 2.72. The first-order chi connectivity index (χ1) is 9.57. The molecule has 1 saturated heterocycles. The molecule has 0 aliphatic carbocycles. The van der Waals surface area contributed by atoms with Crippen LogP contribution < -0.4 is 5.32 Å². The van der Waals surface area contributed by atoms with Crippen LogP contribution in [-0.4, -0.2) is 50.3 Å². The molecule has 21 heavy (non-hydrogen) atoms. The smallest absolute Gasteiger partial charge is 0.188 e. The Morgan fingerprint density at radius 1 is 1.14 bits per heavy atom.